The summed E-state index contributed by atoms with van der Waals surface area (Å²) in [7, 11) is 0. The molecule has 1 aromatic rings. The van der Waals surface area contributed by atoms with Gasteiger partial charge < -0.3 is 9.47 Å². The highest BCUT2D eigenvalue weighted by Crippen LogP contribution is 2.21. The third-order valence-electron chi connectivity index (χ3n) is 5.41. The minimum atomic E-state index is -0.0931. The minimum Gasteiger partial charge on any atom is -0.334 e. The maximum Gasteiger partial charge on any atom is 0.263 e. The molecule has 0 saturated heterocycles. The number of rotatable bonds is 4. The second kappa shape index (κ2) is 8.50. The molecule has 25 heavy (non-hydrogen) atoms. The Balaban J connectivity index is 2.02. The van der Waals surface area contributed by atoms with Gasteiger partial charge in [-0.2, -0.15) is 0 Å². The molecule has 0 saturated carbocycles. The molecule has 1 amide bonds. The molecule has 0 fully saturated rings. The van der Waals surface area contributed by atoms with Crippen molar-refractivity contribution in [3.63, 3.8) is 0 Å². The molecule has 3 rings (SSSR count). The van der Waals surface area contributed by atoms with E-state index in [1.165, 1.54) is 24.1 Å². The van der Waals surface area contributed by atoms with E-state index in [4.69, 9.17) is 0 Å². The second-order valence-corrected chi connectivity index (χ2v) is 7.27. The Labute approximate surface area is 150 Å². The molecule has 0 bridgehead atoms. The fourth-order valence-electron chi connectivity index (χ4n) is 3.94. The van der Waals surface area contributed by atoms with E-state index in [1.807, 2.05) is 16.7 Å². The Morgan fingerprint density at radius 1 is 1.12 bits per heavy atom. The molecule has 4 nitrogen and oxygen atoms in total. The predicted octanol–water partition coefficient (Wildman–Crippen LogP) is 3.71. The molecule has 0 spiro atoms. The molecule has 1 aliphatic heterocycles. The first-order chi connectivity index (χ1) is 12.2. The number of carbonyl (C=O) groups is 1. The molecule has 0 atom stereocenters. The van der Waals surface area contributed by atoms with Crippen LogP contribution in [0.1, 0.15) is 73.5 Å². The van der Waals surface area contributed by atoms with Crippen LogP contribution in [-0.4, -0.2) is 28.5 Å². The third kappa shape index (κ3) is 4.05. The number of fused-ring (bicyclic) bond motifs is 1. The normalized spacial score (nSPS) is 17.7. The van der Waals surface area contributed by atoms with Gasteiger partial charge in [-0.15, -0.1) is 0 Å². The van der Waals surface area contributed by atoms with Gasteiger partial charge in [0, 0.05) is 25.3 Å². The quantitative estimate of drug-likeness (QED) is 0.783. The van der Waals surface area contributed by atoms with E-state index in [9.17, 15) is 9.59 Å². The van der Waals surface area contributed by atoms with Crippen molar-refractivity contribution in [2.75, 3.05) is 13.1 Å². The van der Waals surface area contributed by atoms with Gasteiger partial charge in [-0.25, -0.2) is 0 Å². The van der Waals surface area contributed by atoms with Crippen molar-refractivity contribution >= 4 is 5.91 Å². The zero-order valence-corrected chi connectivity index (χ0v) is 15.4. The van der Waals surface area contributed by atoms with E-state index in [1.54, 1.807) is 4.90 Å². The average Bonchev–Trinajstić information content (AvgIpc) is 2.62. The van der Waals surface area contributed by atoms with Gasteiger partial charge in [0.25, 0.3) is 11.5 Å². The van der Waals surface area contributed by atoms with E-state index >= 15 is 0 Å². The number of unbranched alkanes of at least 4 members (excludes halogenated alkanes) is 1. The number of carbonyl (C=O) groups excluding carboxylic acids is 1. The SMILES string of the molecule is CCCCn1c2c(cc(C(=O)N3CC=CCC3)c1=O)CCCCCC2. The Bertz CT molecular complexity index is 703. The highest BCUT2D eigenvalue weighted by atomic mass is 16.2. The van der Waals surface area contributed by atoms with Crippen LogP contribution in [0.2, 0.25) is 0 Å². The second-order valence-electron chi connectivity index (χ2n) is 7.27. The monoisotopic (exact) mass is 342 g/mol. The van der Waals surface area contributed by atoms with Crippen LogP contribution in [0.4, 0.5) is 0 Å². The molecule has 2 heterocycles. The van der Waals surface area contributed by atoms with E-state index in [0.717, 1.165) is 51.5 Å². The lowest BCUT2D eigenvalue weighted by molar-refractivity contribution is 0.0768. The summed E-state index contributed by atoms with van der Waals surface area (Å²) in [6, 6.07) is 1.92. The smallest absolute Gasteiger partial charge is 0.263 e. The molecule has 1 aliphatic carbocycles. The summed E-state index contributed by atoms with van der Waals surface area (Å²) in [5.74, 6) is -0.0931. The van der Waals surface area contributed by atoms with Crippen LogP contribution in [0.15, 0.2) is 23.0 Å². The standard InChI is InChI=1S/C21H30N2O2/c1-2-3-15-23-19-12-8-5-4-7-11-17(19)16-18(21(23)25)20(24)22-13-9-6-10-14-22/h6,9,16H,2-5,7-8,10-15H2,1H3. The van der Waals surface area contributed by atoms with E-state index < -0.39 is 0 Å². The largest absolute Gasteiger partial charge is 0.334 e. The van der Waals surface area contributed by atoms with Crippen molar-refractivity contribution in [1.82, 2.24) is 9.47 Å². The van der Waals surface area contributed by atoms with Crippen LogP contribution < -0.4 is 5.56 Å². The van der Waals surface area contributed by atoms with Gasteiger partial charge >= 0.3 is 0 Å². The van der Waals surface area contributed by atoms with Crippen LogP contribution in [0.3, 0.4) is 0 Å². The first kappa shape index (κ1) is 18.0. The van der Waals surface area contributed by atoms with Crippen molar-refractivity contribution in [2.24, 2.45) is 0 Å². The first-order valence-corrected chi connectivity index (χ1v) is 9.92. The summed E-state index contributed by atoms with van der Waals surface area (Å²) in [5.41, 5.74) is 2.72. The summed E-state index contributed by atoms with van der Waals surface area (Å²) < 4.78 is 1.93. The molecule has 0 radical (unpaired) electrons. The van der Waals surface area contributed by atoms with Crippen molar-refractivity contribution in [1.29, 1.82) is 0 Å². The van der Waals surface area contributed by atoms with Crippen molar-refractivity contribution < 1.29 is 4.79 Å². The zero-order valence-electron chi connectivity index (χ0n) is 15.4. The fourth-order valence-corrected chi connectivity index (χ4v) is 3.94. The maximum atomic E-state index is 13.1. The lowest BCUT2D eigenvalue weighted by Gasteiger charge is -2.25. The van der Waals surface area contributed by atoms with Crippen LogP contribution in [-0.2, 0) is 19.4 Å². The van der Waals surface area contributed by atoms with Crippen LogP contribution in [0.5, 0.6) is 0 Å². The van der Waals surface area contributed by atoms with Crippen molar-refractivity contribution in [2.45, 2.75) is 71.3 Å². The molecule has 0 unspecified atom stereocenters. The number of nitrogens with zero attached hydrogens (tertiary/aromatic N) is 2. The lowest BCUT2D eigenvalue weighted by Crippen LogP contribution is -2.39. The first-order valence-electron chi connectivity index (χ1n) is 9.92. The summed E-state index contributed by atoms with van der Waals surface area (Å²) in [5, 5.41) is 0. The summed E-state index contributed by atoms with van der Waals surface area (Å²) in [4.78, 5) is 27.9. The Morgan fingerprint density at radius 3 is 2.64 bits per heavy atom. The topological polar surface area (TPSA) is 42.3 Å². The Kier molecular flexibility index (Phi) is 6.11. The zero-order chi connectivity index (χ0) is 17.6. The van der Waals surface area contributed by atoms with Crippen molar-refractivity contribution in [3.8, 4) is 0 Å². The molecule has 4 heteroatoms. The molecule has 0 aromatic carbocycles. The summed E-state index contributed by atoms with van der Waals surface area (Å²) in [6.45, 7) is 4.20. The summed E-state index contributed by atoms with van der Waals surface area (Å²) >= 11 is 0. The molecule has 2 aliphatic rings. The Morgan fingerprint density at radius 2 is 1.92 bits per heavy atom. The van der Waals surface area contributed by atoms with Gasteiger partial charge in [-0.1, -0.05) is 38.3 Å². The van der Waals surface area contributed by atoms with E-state index in [2.05, 4.69) is 13.0 Å². The molecular weight excluding hydrogens is 312 g/mol. The van der Waals surface area contributed by atoms with Crippen LogP contribution >= 0.6 is 0 Å². The van der Waals surface area contributed by atoms with Crippen molar-refractivity contribution in [3.05, 3.63) is 45.4 Å². The van der Waals surface area contributed by atoms with E-state index in [0.29, 0.717) is 18.7 Å². The number of aryl methyl sites for hydroxylation is 1. The number of pyridine rings is 1. The molecule has 1 aromatic heterocycles. The van der Waals surface area contributed by atoms with Gasteiger partial charge in [0.1, 0.15) is 5.56 Å². The minimum absolute atomic E-state index is 0.0765. The van der Waals surface area contributed by atoms with E-state index in [-0.39, 0.29) is 11.5 Å². The number of amides is 1. The fraction of sp³-hybridized carbons (Fsp3) is 0.619. The molecule has 136 valence electrons. The van der Waals surface area contributed by atoms with Gasteiger partial charge in [-0.3, -0.25) is 9.59 Å². The van der Waals surface area contributed by atoms with Gasteiger partial charge in [-0.05, 0) is 50.2 Å². The summed E-state index contributed by atoms with van der Waals surface area (Å²) in [6.07, 6.45) is 13.8. The average molecular weight is 342 g/mol. The van der Waals surface area contributed by atoms with Crippen LogP contribution in [0, 0.1) is 0 Å². The number of hydrogen-bond acceptors (Lipinski definition) is 2. The number of hydrogen-bond donors (Lipinski definition) is 0. The van der Waals surface area contributed by atoms with Gasteiger partial charge in [0.15, 0.2) is 0 Å². The highest BCUT2D eigenvalue weighted by Gasteiger charge is 2.23. The lowest BCUT2D eigenvalue weighted by atomic mass is 9.95. The maximum absolute atomic E-state index is 13.1. The Hall–Kier alpha value is -1.84. The van der Waals surface area contributed by atoms with Gasteiger partial charge in [0.2, 0.25) is 0 Å². The molecular formula is C21H30N2O2. The number of aromatic nitrogens is 1. The molecule has 0 N–H and O–H groups in total. The predicted molar refractivity (Wildman–Crippen MR) is 101 cm³/mol. The highest BCUT2D eigenvalue weighted by molar-refractivity contribution is 5.94. The van der Waals surface area contributed by atoms with Crippen LogP contribution in [0.25, 0.3) is 0 Å². The van der Waals surface area contributed by atoms with Gasteiger partial charge in [0.05, 0.1) is 0 Å². The third-order valence-corrected chi connectivity index (χ3v) is 5.41.